The highest BCUT2D eigenvalue weighted by molar-refractivity contribution is 5.84. The molecule has 2 heteroatoms. The number of halogens is 1. The molecule has 1 aliphatic rings. The quantitative estimate of drug-likeness (QED) is 0.838. The van der Waals surface area contributed by atoms with Crippen molar-refractivity contribution < 1.29 is 9.50 Å². The fraction of sp³-hybridized carbons (Fsp3) is 0.333. The third kappa shape index (κ3) is 1.55. The molecule has 2 aromatic carbocycles. The molecular formula is C15H15FO. The minimum atomic E-state index is -0.180. The van der Waals surface area contributed by atoms with Crippen LogP contribution < -0.4 is 0 Å². The van der Waals surface area contributed by atoms with Gasteiger partial charge in [-0.3, -0.25) is 0 Å². The maximum Gasteiger partial charge on any atom is 0.131 e. The zero-order chi connectivity index (χ0) is 11.9. The third-order valence-corrected chi connectivity index (χ3v) is 4.05. The molecule has 0 bridgehead atoms. The molecule has 1 fully saturated rings. The molecule has 1 aliphatic carbocycles. The van der Waals surface area contributed by atoms with Gasteiger partial charge in [0.25, 0.3) is 0 Å². The first-order valence-corrected chi connectivity index (χ1v) is 6.05. The maximum atomic E-state index is 13.5. The Labute approximate surface area is 99.9 Å². The van der Waals surface area contributed by atoms with Crippen molar-refractivity contribution in [2.45, 2.75) is 24.7 Å². The Kier molecular flexibility index (Phi) is 2.40. The van der Waals surface area contributed by atoms with Gasteiger partial charge in [-0.25, -0.2) is 4.39 Å². The average molecular weight is 230 g/mol. The van der Waals surface area contributed by atoms with Crippen LogP contribution in [0.3, 0.4) is 0 Å². The molecule has 0 saturated heterocycles. The van der Waals surface area contributed by atoms with E-state index in [0.717, 1.165) is 23.8 Å². The van der Waals surface area contributed by atoms with Crippen LogP contribution in [0.2, 0.25) is 0 Å². The van der Waals surface area contributed by atoms with Gasteiger partial charge in [0.15, 0.2) is 0 Å². The first-order valence-electron chi connectivity index (χ1n) is 6.05. The van der Waals surface area contributed by atoms with E-state index in [1.165, 1.54) is 12.5 Å². The van der Waals surface area contributed by atoms with Crippen molar-refractivity contribution in [3.05, 3.63) is 47.8 Å². The van der Waals surface area contributed by atoms with Gasteiger partial charge in [-0.15, -0.1) is 0 Å². The summed E-state index contributed by atoms with van der Waals surface area (Å²) in [7, 11) is 0. The molecule has 17 heavy (non-hydrogen) atoms. The van der Waals surface area contributed by atoms with E-state index in [4.69, 9.17) is 0 Å². The average Bonchev–Trinajstić information content (AvgIpc) is 2.28. The van der Waals surface area contributed by atoms with Crippen molar-refractivity contribution in [1.29, 1.82) is 0 Å². The minimum absolute atomic E-state index is 0.0689. The normalized spacial score (nSPS) is 18.0. The van der Waals surface area contributed by atoms with Gasteiger partial charge < -0.3 is 5.11 Å². The van der Waals surface area contributed by atoms with Crippen LogP contribution in [-0.4, -0.2) is 11.7 Å². The summed E-state index contributed by atoms with van der Waals surface area (Å²) < 4.78 is 13.5. The van der Waals surface area contributed by atoms with Crippen molar-refractivity contribution in [3.8, 4) is 0 Å². The summed E-state index contributed by atoms with van der Waals surface area (Å²) in [4.78, 5) is 0. The van der Waals surface area contributed by atoms with Gasteiger partial charge in [-0.1, -0.05) is 36.8 Å². The fourth-order valence-electron chi connectivity index (χ4n) is 2.72. The van der Waals surface area contributed by atoms with Crippen molar-refractivity contribution in [2.24, 2.45) is 0 Å². The molecule has 0 amide bonds. The molecule has 0 spiro atoms. The highest BCUT2D eigenvalue weighted by Gasteiger charge is 2.37. The Hall–Kier alpha value is -1.41. The molecule has 0 aromatic heterocycles. The van der Waals surface area contributed by atoms with Gasteiger partial charge in [0, 0.05) is 10.8 Å². The minimum Gasteiger partial charge on any atom is -0.395 e. The number of aliphatic hydroxyl groups excluding tert-OH is 1. The van der Waals surface area contributed by atoms with Crippen LogP contribution in [0.4, 0.5) is 4.39 Å². The third-order valence-electron chi connectivity index (χ3n) is 4.05. The van der Waals surface area contributed by atoms with E-state index in [2.05, 4.69) is 0 Å². The lowest BCUT2D eigenvalue weighted by Crippen LogP contribution is -2.37. The highest BCUT2D eigenvalue weighted by atomic mass is 19.1. The summed E-state index contributed by atoms with van der Waals surface area (Å²) in [5.74, 6) is -0.180. The summed E-state index contributed by atoms with van der Waals surface area (Å²) >= 11 is 0. The van der Waals surface area contributed by atoms with Crippen LogP contribution >= 0.6 is 0 Å². The fourth-order valence-corrected chi connectivity index (χ4v) is 2.72. The van der Waals surface area contributed by atoms with E-state index in [9.17, 15) is 9.50 Å². The molecule has 88 valence electrons. The van der Waals surface area contributed by atoms with E-state index in [1.54, 1.807) is 6.07 Å². The van der Waals surface area contributed by atoms with E-state index < -0.39 is 0 Å². The van der Waals surface area contributed by atoms with E-state index in [-0.39, 0.29) is 17.8 Å². The van der Waals surface area contributed by atoms with Crippen molar-refractivity contribution in [2.75, 3.05) is 6.61 Å². The van der Waals surface area contributed by atoms with E-state index in [0.29, 0.717) is 5.39 Å². The lowest BCUT2D eigenvalue weighted by molar-refractivity contribution is 0.120. The Morgan fingerprint density at radius 3 is 2.65 bits per heavy atom. The van der Waals surface area contributed by atoms with Crippen LogP contribution in [0, 0.1) is 5.82 Å². The van der Waals surface area contributed by atoms with Crippen molar-refractivity contribution >= 4 is 10.8 Å². The van der Waals surface area contributed by atoms with Gasteiger partial charge in [0.05, 0.1) is 6.61 Å². The number of rotatable bonds is 2. The molecular weight excluding hydrogens is 215 g/mol. The van der Waals surface area contributed by atoms with E-state index >= 15 is 0 Å². The van der Waals surface area contributed by atoms with Gasteiger partial charge in [0.1, 0.15) is 5.82 Å². The van der Waals surface area contributed by atoms with Crippen LogP contribution in [0.1, 0.15) is 24.8 Å². The predicted molar refractivity (Wildman–Crippen MR) is 66.5 cm³/mol. The van der Waals surface area contributed by atoms with Crippen LogP contribution in [0.25, 0.3) is 10.8 Å². The Bertz CT molecular complexity index is 552. The molecule has 3 rings (SSSR count). The SMILES string of the molecule is OCC1(c2ccc3c(F)cccc3c2)CCC1. The number of aliphatic hydroxyl groups is 1. The highest BCUT2D eigenvalue weighted by Crippen LogP contribution is 2.43. The number of hydrogen-bond donors (Lipinski definition) is 1. The van der Waals surface area contributed by atoms with Gasteiger partial charge >= 0.3 is 0 Å². The molecule has 0 aliphatic heterocycles. The zero-order valence-electron chi connectivity index (χ0n) is 9.62. The molecule has 2 aromatic rings. The second-order valence-electron chi connectivity index (χ2n) is 4.97. The molecule has 0 atom stereocenters. The maximum absolute atomic E-state index is 13.5. The number of hydrogen-bond acceptors (Lipinski definition) is 1. The summed E-state index contributed by atoms with van der Waals surface area (Å²) in [6.45, 7) is 0.188. The lowest BCUT2D eigenvalue weighted by atomic mass is 9.65. The molecule has 1 N–H and O–H groups in total. The smallest absolute Gasteiger partial charge is 0.131 e. The van der Waals surface area contributed by atoms with Crippen LogP contribution in [-0.2, 0) is 5.41 Å². The molecule has 1 nitrogen and oxygen atoms in total. The zero-order valence-corrected chi connectivity index (χ0v) is 9.62. The molecule has 0 unspecified atom stereocenters. The van der Waals surface area contributed by atoms with Crippen LogP contribution in [0.15, 0.2) is 36.4 Å². The Morgan fingerprint density at radius 2 is 2.00 bits per heavy atom. The summed E-state index contributed by atoms with van der Waals surface area (Å²) in [6.07, 6.45) is 3.23. The standard InChI is InChI=1S/C15H15FO/c16-14-4-1-3-11-9-12(5-6-13(11)14)15(10-17)7-2-8-15/h1,3-6,9,17H,2,7-8,10H2. The lowest BCUT2D eigenvalue weighted by Gasteiger charge is -2.41. The second kappa shape index (κ2) is 3.81. The largest absolute Gasteiger partial charge is 0.395 e. The predicted octanol–water partition coefficient (Wildman–Crippen LogP) is 3.39. The van der Waals surface area contributed by atoms with Gasteiger partial charge in [-0.05, 0) is 29.9 Å². The number of fused-ring (bicyclic) bond motifs is 1. The van der Waals surface area contributed by atoms with Gasteiger partial charge in [-0.2, -0.15) is 0 Å². The van der Waals surface area contributed by atoms with Gasteiger partial charge in [0.2, 0.25) is 0 Å². The first kappa shape index (κ1) is 10.7. The Balaban J connectivity index is 2.14. The number of benzene rings is 2. The summed E-state index contributed by atoms with van der Waals surface area (Å²) in [6, 6.07) is 10.9. The summed E-state index contributed by atoms with van der Waals surface area (Å²) in [5.41, 5.74) is 1.07. The summed E-state index contributed by atoms with van der Waals surface area (Å²) in [5, 5.41) is 11.1. The Morgan fingerprint density at radius 1 is 1.18 bits per heavy atom. The van der Waals surface area contributed by atoms with Crippen LogP contribution in [0.5, 0.6) is 0 Å². The second-order valence-corrected chi connectivity index (χ2v) is 4.97. The molecule has 0 heterocycles. The van der Waals surface area contributed by atoms with Crippen molar-refractivity contribution in [3.63, 3.8) is 0 Å². The van der Waals surface area contributed by atoms with Crippen molar-refractivity contribution in [1.82, 2.24) is 0 Å². The van der Waals surface area contributed by atoms with E-state index in [1.807, 2.05) is 24.3 Å². The molecule has 0 radical (unpaired) electrons. The topological polar surface area (TPSA) is 20.2 Å². The molecule has 1 saturated carbocycles. The monoisotopic (exact) mass is 230 g/mol. The first-order chi connectivity index (χ1) is 8.25.